The molecule has 1 aliphatic carbocycles. The number of amides is 2. The van der Waals surface area contributed by atoms with E-state index in [0.717, 1.165) is 12.8 Å². The number of hydrogen-bond donors (Lipinski definition) is 3. The molecular weight excluding hydrogens is 282 g/mol. The third-order valence-corrected chi connectivity index (χ3v) is 3.36. The summed E-state index contributed by atoms with van der Waals surface area (Å²) < 4.78 is 0. The minimum Gasteiger partial charge on any atom is -0.504 e. The Balaban J connectivity index is 1.72. The van der Waals surface area contributed by atoms with Crippen LogP contribution in [0.1, 0.15) is 23.2 Å². The van der Waals surface area contributed by atoms with Crippen molar-refractivity contribution in [1.82, 2.24) is 4.98 Å². The first-order valence-electron chi connectivity index (χ1n) is 7.00. The summed E-state index contributed by atoms with van der Waals surface area (Å²) in [5.41, 5.74) is 0.952. The zero-order valence-electron chi connectivity index (χ0n) is 11.7. The molecule has 2 amide bonds. The standard InChI is InChI=1S/C16H15N3O3/c20-13-5-2-8-17-14(13)19-16(22)11-3-1-4-12(9-11)18-15(21)10-6-7-10/h1-5,8-10,20H,6-7H2,(H,18,21)(H,17,19,22). The van der Waals surface area contributed by atoms with E-state index in [0.29, 0.717) is 11.3 Å². The van der Waals surface area contributed by atoms with Crippen LogP contribution in [-0.4, -0.2) is 21.9 Å². The summed E-state index contributed by atoms with van der Waals surface area (Å²) in [4.78, 5) is 27.8. The highest BCUT2D eigenvalue weighted by Crippen LogP contribution is 2.30. The predicted molar refractivity (Wildman–Crippen MR) is 81.7 cm³/mol. The zero-order valence-corrected chi connectivity index (χ0v) is 11.7. The normalized spacial score (nSPS) is 13.5. The molecule has 6 nitrogen and oxygen atoms in total. The van der Waals surface area contributed by atoms with Crippen LogP contribution in [-0.2, 0) is 4.79 Å². The number of anilines is 2. The smallest absolute Gasteiger partial charge is 0.256 e. The molecule has 1 fully saturated rings. The quantitative estimate of drug-likeness (QED) is 0.808. The van der Waals surface area contributed by atoms with Crippen molar-refractivity contribution >= 4 is 23.3 Å². The monoisotopic (exact) mass is 297 g/mol. The number of aromatic hydroxyl groups is 1. The van der Waals surface area contributed by atoms with E-state index < -0.39 is 5.91 Å². The minimum atomic E-state index is -0.406. The molecule has 1 aliphatic rings. The Morgan fingerprint density at radius 3 is 2.68 bits per heavy atom. The van der Waals surface area contributed by atoms with E-state index in [1.165, 1.54) is 12.3 Å². The first-order chi connectivity index (χ1) is 10.6. The van der Waals surface area contributed by atoms with E-state index in [2.05, 4.69) is 15.6 Å². The Bertz CT molecular complexity index is 726. The number of nitrogens with one attached hydrogen (secondary N) is 2. The fourth-order valence-electron chi connectivity index (χ4n) is 2.00. The number of pyridine rings is 1. The average molecular weight is 297 g/mol. The molecule has 2 aromatic rings. The van der Waals surface area contributed by atoms with Crippen LogP contribution in [0.3, 0.4) is 0 Å². The molecule has 0 bridgehead atoms. The van der Waals surface area contributed by atoms with Gasteiger partial charge in [0.1, 0.15) is 0 Å². The van der Waals surface area contributed by atoms with Gasteiger partial charge in [-0.25, -0.2) is 4.98 Å². The van der Waals surface area contributed by atoms with Gasteiger partial charge in [0.05, 0.1) is 0 Å². The van der Waals surface area contributed by atoms with Crippen LogP contribution >= 0.6 is 0 Å². The summed E-state index contributed by atoms with van der Waals surface area (Å²) in [7, 11) is 0. The highest BCUT2D eigenvalue weighted by molar-refractivity contribution is 6.05. The van der Waals surface area contributed by atoms with Crippen molar-refractivity contribution in [1.29, 1.82) is 0 Å². The van der Waals surface area contributed by atoms with Crippen LogP contribution in [0.2, 0.25) is 0 Å². The molecule has 3 rings (SSSR count). The number of aromatic nitrogens is 1. The molecule has 0 aliphatic heterocycles. The molecule has 0 radical (unpaired) electrons. The van der Waals surface area contributed by atoms with Gasteiger partial charge in [-0.05, 0) is 43.2 Å². The molecule has 1 saturated carbocycles. The maximum atomic E-state index is 12.2. The summed E-state index contributed by atoms with van der Waals surface area (Å²) >= 11 is 0. The Kier molecular flexibility index (Phi) is 3.74. The van der Waals surface area contributed by atoms with Gasteiger partial charge in [0.2, 0.25) is 5.91 Å². The third kappa shape index (κ3) is 3.22. The summed E-state index contributed by atoms with van der Waals surface area (Å²) in [5.74, 6) is -0.326. The molecule has 6 heteroatoms. The second-order valence-electron chi connectivity index (χ2n) is 5.17. The largest absolute Gasteiger partial charge is 0.504 e. The van der Waals surface area contributed by atoms with Gasteiger partial charge in [0.15, 0.2) is 11.6 Å². The molecule has 0 saturated heterocycles. The lowest BCUT2D eigenvalue weighted by Crippen LogP contribution is -2.15. The maximum Gasteiger partial charge on any atom is 0.256 e. The van der Waals surface area contributed by atoms with Crippen LogP contribution < -0.4 is 10.6 Å². The van der Waals surface area contributed by atoms with E-state index in [4.69, 9.17) is 0 Å². The number of carbonyl (C=O) groups is 2. The Morgan fingerprint density at radius 1 is 1.14 bits per heavy atom. The molecule has 1 heterocycles. The highest BCUT2D eigenvalue weighted by atomic mass is 16.3. The van der Waals surface area contributed by atoms with E-state index in [-0.39, 0.29) is 23.4 Å². The van der Waals surface area contributed by atoms with Crippen molar-refractivity contribution in [3.8, 4) is 5.75 Å². The van der Waals surface area contributed by atoms with Gasteiger partial charge in [-0.2, -0.15) is 0 Å². The summed E-state index contributed by atoms with van der Waals surface area (Å²) in [5, 5.41) is 14.9. The van der Waals surface area contributed by atoms with Crippen LogP contribution in [0.4, 0.5) is 11.5 Å². The van der Waals surface area contributed by atoms with E-state index in [1.807, 2.05) is 0 Å². The maximum absolute atomic E-state index is 12.2. The van der Waals surface area contributed by atoms with E-state index in [1.54, 1.807) is 30.3 Å². The lowest BCUT2D eigenvalue weighted by Gasteiger charge is -2.08. The van der Waals surface area contributed by atoms with Crippen LogP contribution in [0.25, 0.3) is 0 Å². The second kappa shape index (κ2) is 5.85. The zero-order chi connectivity index (χ0) is 15.5. The second-order valence-corrected chi connectivity index (χ2v) is 5.17. The molecule has 112 valence electrons. The lowest BCUT2D eigenvalue weighted by atomic mass is 10.2. The first-order valence-corrected chi connectivity index (χ1v) is 7.00. The van der Waals surface area contributed by atoms with E-state index in [9.17, 15) is 14.7 Å². The van der Waals surface area contributed by atoms with Crippen molar-refractivity contribution in [3.05, 3.63) is 48.2 Å². The van der Waals surface area contributed by atoms with Crippen molar-refractivity contribution in [3.63, 3.8) is 0 Å². The predicted octanol–water partition coefficient (Wildman–Crippen LogP) is 2.39. The summed E-state index contributed by atoms with van der Waals surface area (Å²) in [6, 6.07) is 9.65. The Morgan fingerprint density at radius 2 is 1.95 bits per heavy atom. The van der Waals surface area contributed by atoms with Crippen molar-refractivity contribution < 1.29 is 14.7 Å². The molecule has 1 aromatic heterocycles. The number of nitrogens with zero attached hydrogens (tertiary/aromatic N) is 1. The topological polar surface area (TPSA) is 91.3 Å². The third-order valence-electron chi connectivity index (χ3n) is 3.36. The van der Waals surface area contributed by atoms with Crippen molar-refractivity contribution in [2.75, 3.05) is 10.6 Å². The molecule has 1 aromatic carbocycles. The van der Waals surface area contributed by atoms with Crippen LogP contribution in [0, 0.1) is 5.92 Å². The highest BCUT2D eigenvalue weighted by Gasteiger charge is 2.29. The van der Waals surface area contributed by atoms with Crippen molar-refractivity contribution in [2.45, 2.75) is 12.8 Å². The fourth-order valence-corrected chi connectivity index (χ4v) is 2.00. The number of hydrogen-bond acceptors (Lipinski definition) is 4. The van der Waals surface area contributed by atoms with Crippen molar-refractivity contribution in [2.24, 2.45) is 5.92 Å². The van der Waals surface area contributed by atoms with Gasteiger partial charge in [-0.3, -0.25) is 9.59 Å². The molecule has 22 heavy (non-hydrogen) atoms. The summed E-state index contributed by atoms with van der Waals surface area (Å²) in [6.07, 6.45) is 3.32. The molecule has 0 unspecified atom stereocenters. The molecular formula is C16H15N3O3. The van der Waals surface area contributed by atoms with E-state index >= 15 is 0 Å². The lowest BCUT2D eigenvalue weighted by molar-refractivity contribution is -0.117. The SMILES string of the molecule is O=C(Nc1ncccc1O)c1cccc(NC(=O)C2CC2)c1. The molecule has 3 N–H and O–H groups in total. The first kappa shape index (κ1) is 14.1. The molecule has 0 spiro atoms. The average Bonchev–Trinajstić information content (AvgIpc) is 3.34. The van der Waals surface area contributed by atoms with Crippen LogP contribution in [0.15, 0.2) is 42.6 Å². The Labute approximate surface area is 127 Å². The molecule has 0 atom stereocenters. The van der Waals surface area contributed by atoms with Gasteiger partial charge >= 0.3 is 0 Å². The van der Waals surface area contributed by atoms with Gasteiger partial charge < -0.3 is 15.7 Å². The van der Waals surface area contributed by atoms with Gasteiger partial charge in [-0.1, -0.05) is 6.07 Å². The van der Waals surface area contributed by atoms with Crippen LogP contribution in [0.5, 0.6) is 5.75 Å². The number of benzene rings is 1. The Hall–Kier alpha value is -2.89. The number of rotatable bonds is 4. The summed E-state index contributed by atoms with van der Waals surface area (Å²) in [6.45, 7) is 0. The minimum absolute atomic E-state index is 0.0140. The van der Waals surface area contributed by atoms with Gasteiger partial charge in [0, 0.05) is 23.4 Å². The fraction of sp³-hybridized carbons (Fsp3) is 0.188. The number of carbonyl (C=O) groups excluding carboxylic acids is 2. The van der Waals surface area contributed by atoms with Gasteiger partial charge in [-0.15, -0.1) is 0 Å². The van der Waals surface area contributed by atoms with Gasteiger partial charge in [0.25, 0.3) is 5.91 Å².